The van der Waals surface area contributed by atoms with Gasteiger partial charge in [0.15, 0.2) is 5.83 Å². The van der Waals surface area contributed by atoms with Crippen LogP contribution in [0.1, 0.15) is 24.1 Å². The predicted octanol–water partition coefficient (Wildman–Crippen LogP) is 3.98. The van der Waals surface area contributed by atoms with Crippen molar-refractivity contribution in [3.63, 3.8) is 0 Å². The van der Waals surface area contributed by atoms with Crippen LogP contribution < -0.4 is 14.5 Å². The molecule has 3 aliphatic rings. The molecule has 1 aromatic heterocycles. The second kappa shape index (κ2) is 11.2. The van der Waals surface area contributed by atoms with Crippen molar-refractivity contribution in [1.82, 2.24) is 19.8 Å². The molecule has 0 bridgehead atoms. The first-order chi connectivity index (χ1) is 19.8. The van der Waals surface area contributed by atoms with Gasteiger partial charge in [0.2, 0.25) is 5.91 Å². The summed E-state index contributed by atoms with van der Waals surface area (Å²) in [5, 5.41) is 2.79. The molecule has 4 heterocycles. The third-order valence-electron chi connectivity index (χ3n) is 8.33. The highest BCUT2D eigenvalue weighted by Gasteiger charge is 2.31. The number of likely N-dealkylation sites (tertiary alicyclic amines) is 1. The molecule has 6 rings (SSSR count). The van der Waals surface area contributed by atoms with Gasteiger partial charge in [0, 0.05) is 62.8 Å². The van der Waals surface area contributed by atoms with E-state index in [1.807, 2.05) is 18.2 Å². The lowest BCUT2D eigenvalue weighted by atomic mass is 10.0. The van der Waals surface area contributed by atoms with E-state index in [0.29, 0.717) is 57.2 Å². The maximum atomic E-state index is 13.5. The van der Waals surface area contributed by atoms with Gasteiger partial charge in [-0.15, -0.1) is 0 Å². The van der Waals surface area contributed by atoms with Crippen molar-refractivity contribution in [2.24, 2.45) is 0 Å². The molecule has 2 saturated heterocycles. The monoisotopic (exact) mass is 578 g/mol. The molecule has 2 fully saturated rings. The van der Waals surface area contributed by atoms with Crippen LogP contribution in [0.4, 0.5) is 15.9 Å². The lowest BCUT2D eigenvalue weighted by Gasteiger charge is -2.38. The fourth-order valence-corrected chi connectivity index (χ4v) is 6.26. The van der Waals surface area contributed by atoms with Crippen LogP contribution in [0.2, 0.25) is 5.02 Å². The summed E-state index contributed by atoms with van der Waals surface area (Å²) in [5.41, 5.74) is 2.96. The molecule has 41 heavy (non-hydrogen) atoms. The summed E-state index contributed by atoms with van der Waals surface area (Å²) < 4.78 is 19.6. The van der Waals surface area contributed by atoms with E-state index >= 15 is 0 Å². The first-order valence-electron chi connectivity index (χ1n) is 13.9. The van der Waals surface area contributed by atoms with Gasteiger partial charge >= 0.3 is 6.01 Å². The van der Waals surface area contributed by atoms with Gasteiger partial charge in [0.1, 0.15) is 12.4 Å². The third-order valence-corrected chi connectivity index (χ3v) is 8.65. The number of piperazine rings is 1. The van der Waals surface area contributed by atoms with Crippen LogP contribution in [-0.2, 0) is 22.6 Å². The second-order valence-electron chi connectivity index (χ2n) is 10.7. The van der Waals surface area contributed by atoms with E-state index in [1.54, 1.807) is 11.9 Å². The van der Waals surface area contributed by atoms with Crippen LogP contribution in [0, 0.1) is 0 Å². The van der Waals surface area contributed by atoms with Gasteiger partial charge in [-0.3, -0.25) is 9.59 Å². The van der Waals surface area contributed by atoms with Gasteiger partial charge in [-0.05, 0) is 30.4 Å². The average Bonchev–Trinajstić information content (AvgIpc) is 3.31. The zero-order valence-corrected chi connectivity index (χ0v) is 23.7. The number of ether oxygens (including phenoxy) is 1. The van der Waals surface area contributed by atoms with E-state index in [4.69, 9.17) is 26.3 Å². The SMILES string of the molecule is C=C(F)C(=O)N1CCN(c2nc(OC[C@@H]3CCC(=O)N3C)nc3c2CCN(c2cccc4cccc(Cl)c24)C3)CC1. The molecule has 11 heteroatoms. The molecule has 0 aliphatic carbocycles. The zero-order valence-electron chi connectivity index (χ0n) is 23.0. The Morgan fingerprint density at radius 1 is 1.07 bits per heavy atom. The van der Waals surface area contributed by atoms with Crippen molar-refractivity contribution in [3.8, 4) is 6.01 Å². The van der Waals surface area contributed by atoms with Crippen LogP contribution in [0.3, 0.4) is 0 Å². The van der Waals surface area contributed by atoms with Crippen LogP contribution in [0.5, 0.6) is 6.01 Å². The Kier molecular flexibility index (Phi) is 7.42. The lowest BCUT2D eigenvalue weighted by Crippen LogP contribution is -2.49. The Labute approximate surface area is 243 Å². The van der Waals surface area contributed by atoms with E-state index in [2.05, 4.69) is 34.6 Å². The number of fused-ring (bicyclic) bond motifs is 2. The van der Waals surface area contributed by atoms with Crippen LogP contribution in [0.15, 0.2) is 48.8 Å². The number of rotatable bonds is 6. The van der Waals surface area contributed by atoms with Crippen molar-refractivity contribution in [3.05, 3.63) is 65.1 Å². The summed E-state index contributed by atoms with van der Waals surface area (Å²) in [5.74, 6) is -0.725. The quantitative estimate of drug-likeness (QED) is 0.409. The van der Waals surface area contributed by atoms with Gasteiger partial charge < -0.3 is 24.3 Å². The highest BCUT2D eigenvalue weighted by Crippen LogP contribution is 2.37. The van der Waals surface area contributed by atoms with Gasteiger partial charge in [0.05, 0.1) is 23.3 Å². The number of carbonyl (C=O) groups excluding carboxylic acids is 2. The molecule has 0 saturated carbocycles. The van der Waals surface area contributed by atoms with Gasteiger partial charge in [-0.2, -0.15) is 9.97 Å². The van der Waals surface area contributed by atoms with Gasteiger partial charge in [-0.1, -0.05) is 42.4 Å². The zero-order chi connectivity index (χ0) is 28.7. The summed E-state index contributed by atoms with van der Waals surface area (Å²) in [6, 6.07) is 12.3. The minimum absolute atomic E-state index is 0.0248. The minimum Gasteiger partial charge on any atom is -0.461 e. The molecule has 0 radical (unpaired) electrons. The first kappa shape index (κ1) is 27.3. The summed E-state index contributed by atoms with van der Waals surface area (Å²) in [4.78, 5) is 41.4. The lowest BCUT2D eigenvalue weighted by molar-refractivity contribution is -0.129. The van der Waals surface area contributed by atoms with Crippen molar-refractivity contribution < 1.29 is 18.7 Å². The largest absolute Gasteiger partial charge is 0.461 e. The first-order valence-corrected chi connectivity index (χ1v) is 14.3. The van der Waals surface area contributed by atoms with E-state index < -0.39 is 11.7 Å². The Hall–Kier alpha value is -3.92. The smallest absolute Gasteiger partial charge is 0.318 e. The molecule has 1 atom stereocenters. The summed E-state index contributed by atoms with van der Waals surface area (Å²) in [6.07, 6.45) is 1.96. The number of likely N-dealkylation sites (N-methyl/N-ethyl adjacent to an activating group) is 1. The molecule has 3 aliphatic heterocycles. The predicted molar refractivity (Wildman–Crippen MR) is 156 cm³/mol. The number of anilines is 2. The standard InChI is InChI=1S/C30H32ClFN6O3/c1-19(32)29(40)37-15-13-36(14-16-37)28-22-11-12-38(25-8-4-6-20-5-3-7-23(31)27(20)25)17-24(22)33-30(34-28)41-18-21-9-10-26(39)35(21)2/h3-8,21H,1,9-18H2,2H3/t21-/m0/s1. The maximum absolute atomic E-state index is 13.5. The normalized spacial score (nSPS) is 19.1. The van der Waals surface area contributed by atoms with Crippen molar-refractivity contribution in [2.45, 2.75) is 31.8 Å². The number of carbonyl (C=O) groups is 2. The second-order valence-corrected chi connectivity index (χ2v) is 11.1. The highest BCUT2D eigenvalue weighted by molar-refractivity contribution is 6.36. The molecule has 0 N–H and O–H groups in total. The number of amides is 2. The Morgan fingerprint density at radius 3 is 2.54 bits per heavy atom. The fourth-order valence-electron chi connectivity index (χ4n) is 5.98. The van der Waals surface area contributed by atoms with E-state index in [1.165, 1.54) is 4.90 Å². The van der Waals surface area contributed by atoms with Crippen LogP contribution in [-0.4, -0.2) is 84.0 Å². The molecule has 2 aromatic carbocycles. The molecule has 0 unspecified atom stereocenters. The van der Waals surface area contributed by atoms with Crippen molar-refractivity contribution in [1.29, 1.82) is 0 Å². The molecule has 214 valence electrons. The number of hydrogen-bond acceptors (Lipinski definition) is 7. The Balaban J connectivity index is 1.30. The topological polar surface area (TPSA) is 82.1 Å². The van der Waals surface area contributed by atoms with Crippen LogP contribution >= 0.6 is 11.6 Å². The summed E-state index contributed by atoms with van der Waals surface area (Å²) in [6.45, 7) is 6.51. The fraction of sp³-hybridized carbons (Fsp3) is 0.400. The van der Waals surface area contributed by atoms with Crippen molar-refractivity contribution in [2.75, 3.05) is 56.2 Å². The molecule has 9 nitrogen and oxygen atoms in total. The number of halogens is 2. The highest BCUT2D eigenvalue weighted by atomic mass is 35.5. The number of hydrogen-bond donors (Lipinski definition) is 0. The van der Waals surface area contributed by atoms with E-state index in [0.717, 1.165) is 46.5 Å². The Morgan fingerprint density at radius 2 is 1.83 bits per heavy atom. The molecule has 2 amide bonds. The summed E-state index contributed by atoms with van der Waals surface area (Å²) in [7, 11) is 1.79. The molecular formula is C30H32ClFN6O3. The maximum Gasteiger partial charge on any atom is 0.318 e. The van der Waals surface area contributed by atoms with Gasteiger partial charge in [-0.25, -0.2) is 4.39 Å². The number of benzene rings is 2. The minimum atomic E-state index is -0.947. The average molecular weight is 579 g/mol. The summed E-state index contributed by atoms with van der Waals surface area (Å²) >= 11 is 6.65. The third kappa shape index (κ3) is 5.28. The molecule has 0 spiro atoms. The van der Waals surface area contributed by atoms with Crippen molar-refractivity contribution >= 4 is 45.7 Å². The van der Waals surface area contributed by atoms with Crippen LogP contribution in [0.25, 0.3) is 10.8 Å². The molecule has 3 aromatic rings. The van der Waals surface area contributed by atoms with E-state index in [-0.39, 0.29) is 18.0 Å². The van der Waals surface area contributed by atoms with E-state index in [9.17, 15) is 14.0 Å². The number of aromatic nitrogens is 2. The molecular weight excluding hydrogens is 547 g/mol. The Bertz CT molecular complexity index is 1520. The number of nitrogens with zero attached hydrogens (tertiary/aromatic N) is 6. The van der Waals surface area contributed by atoms with Gasteiger partial charge in [0.25, 0.3) is 5.91 Å².